The van der Waals surface area contributed by atoms with E-state index in [0.29, 0.717) is 12.2 Å². The second-order valence-electron chi connectivity index (χ2n) is 7.82. The number of benzene rings is 1. The number of rotatable bonds is 6. The number of esters is 1. The van der Waals surface area contributed by atoms with E-state index in [4.69, 9.17) is 9.47 Å². The molecule has 0 radical (unpaired) electrons. The molecule has 1 aliphatic carbocycles. The van der Waals surface area contributed by atoms with Gasteiger partial charge in [-0.15, -0.1) is 0 Å². The Morgan fingerprint density at radius 3 is 2.30 bits per heavy atom. The zero-order valence-corrected chi connectivity index (χ0v) is 17.1. The number of carbonyl (C=O) groups excluding carboxylic acids is 1. The number of hydrogen-bond donors (Lipinski definition) is 1. The minimum Gasteiger partial charge on any atom is -0.493 e. The molecule has 1 aromatic rings. The lowest BCUT2D eigenvalue weighted by Gasteiger charge is -2.17. The maximum Gasteiger partial charge on any atom is 0.303 e. The van der Waals surface area contributed by atoms with E-state index in [9.17, 15) is 18.7 Å². The minimum atomic E-state index is -2.55. The van der Waals surface area contributed by atoms with Gasteiger partial charge in [0.05, 0.1) is 18.6 Å². The number of hydrogen-bond acceptors (Lipinski definition) is 4. The van der Waals surface area contributed by atoms with Crippen molar-refractivity contribution in [2.75, 3.05) is 6.61 Å². The number of aliphatic hydroxyl groups excluding tert-OH is 1. The van der Waals surface area contributed by atoms with Gasteiger partial charge in [-0.25, -0.2) is 8.78 Å². The molecule has 1 aliphatic rings. The quantitative estimate of drug-likeness (QED) is 0.693. The van der Waals surface area contributed by atoms with Crippen molar-refractivity contribution in [2.24, 2.45) is 5.92 Å². The van der Waals surface area contributed by atoms with Gasteiger partial charge < -0.3 is 14.6 Å². The van der Waals surface area contributed by atoms with Crippen molar-refractivity contribution in [3.8, 4) is 5.75 Å². The number of ether oxygens (including phenoxy) is 2. The predicted octanol–water partition coefficient (Wildman–Crippen LogP) is 5.07. The van der Waals surface area contributed by atoms with Crippen LogP contribution in [-0.4, -0.2) is 29.2 Å². The molecule has 1 fully saturated rings. The Balaban J connectivity index is 0.000000387. The first-order valence-corrected chi connectivity index (χ1v) is 9.40. The molecule has 0 bridgehead atoms. The zero-order valence-electron chi connectivity index (χ0n) is 17.1. The van der Waals surface area contributed by atoms with Crippen molar-refractivity contribution in [1.29, 1.82) is 0 Å². The normalized spacial score (nSPS) is 18.8. The summed E-state index contributed by atoms with van der Waals surface area (Å²) in [6.45, 7) is 10.9. The van der Waals surface area contributed by atoms with Crippen LogP contribution >= 0.6 is 0 Å². The Labute approximate surface area is 160 Å². The van der Waals surface area contributed by atoms with Gasteiger partial charge in [0.25, 0.3) is 5.92 Å². The van der Waals surface area contributed by atoms with Crippen LogP contribution in [0.5, 0.6) is 5.75 Å². The van der Waals surface area contributed by atoms with Crippen LogP contribution in [0, 0.1) is 5.92 Å². The van der Waals surface area contributed by atoms with Gasteiger partial charge >= 0.3 is 5.97 Å². The summed E-state index contributed by atoms with van der Waals surface area (Å²) in [6.07, 6.45) is 0.843. The summed E-state index contributed by atoms with van der Waals surface area (Å²) in [5.74, 6) is -2.87. The number of carbonyl (C=O) groups is 1. The predicted molar refractivity (Wildman–Crippen MR) is 101 cm³/mol. The SMILES string of the molecule is CC(=O)OC(C)(C)C.CCc1ccc(OCC2CC2(F)F)cc1C(O)CC. The van der Waals surface area contributed by atoms with E-state index in [0.717, 1.165) is 17.5 Å². The molecule has 0 saturated heterocycles. The molecule has 154 valence electrons. The van der Waals surface area contributed by atoms with Gasteiger partial charge in [0, 0.05) is 13.3 Å². The second kappa shape index (κ2) is 9.49. The molecule has 0 aromatic heterocycles. The lowest BCUT2D eigenvalue weighted by Crippen LogP contribution is -2.21. The molecule has 1 N–H and O–H groups in total. The highest BCUT2D eigenvalue weighted by Gasteiger charge is 2.57. The lowest BCUT2D eigenvalue weighted by molar-refractivity contribution is -0.151. The van der Waals surface area contributed by atoms with Gasteiger partial charge in [-0.2, -0.15) is 0 Å². The smallest absolute Gasteiger partial charge is 0.303 e. The monoisotopic (exact) mass is 386 g/mol. The molecule has 2 atom stereocenters. The minimum absolute atomic E-state index is 0.0418. The first-order valence-electron chi connectivity index (χ1n) is 9.40. The highest BCUT2D eigenvalue weighted by Crippen LogP contribution is 2.48. The van der Waals surface area contributed by atoms with E-state index in [2.05, 4.69) is 0 Å². The van der Waals surface area contributed by atoms with Gasteiger partial charge in [-0.1, -0.05) is 19.9 Å². The van der Waals surface area contributed by atoms with E-state index >= 15 is 0 Å². The molecule has 0 spiro atoms. The number of aryl methyl sites for hydroxylation is 1. The average molecular weight is 386 g/mol. The van der Waals surface area contributed by atoms with E-state index in [1.54, 1.807) is 12.1 Å². The topological polar surface area (TPSA) is 55.8 Å². The van der Waals surface area contributed by atoms with Crippen LogP contribution in [0.2, 0.25) is 0 Å². The first kappa shape index (κ1) is 23.3. The van der Waals surface area contributed by atoms with Crippen LogP contribution in [0.15, 0.2) is 18.2 Å². The third-order valence-electron chi connectivity index (χ3n) is 4.10. The molecule has 1 aromatic carbocycles. The largest absolute Gasteiger partial charge is 0.493 e. The van der Waals surface area contributed by atoms with E-state index in [1.165, 1.54) is 6.92 Å². The molecule has 1 saturated carbocycles. The van der Waals surface area contributed by atoms with Crippen LogP contribution in [0.25, 0.3) is 0 Å². The Bertz CT molecular complexity index is 623. The fraction of sp³-hybridized carbons (Fsp3) is 0.667. The van der Waals surface area contributed by atoms with Gasteiger partial charge in [-0.05, 0) is 56.9 Å². The van der Waals surface area contributed by atoms with Gasteiger partial charge in [-0.3, -0.25) is 4.79 Å². The molecule has 6 heteroatoms. The Hall–Kier alpha value is -1.69. The fourth-order valence-electron chi connectivity index (χ4n) is 2.59. The molecule has 2 unspecified atom stereocenters. The molecular formula is C21H32F2O4. The van der Waals surface area contributed by atoms with Crippen molar-refractivity contribution in [3.05, 3.63) is 29.3 Å². The van der Waals surface area contributed by atoms with E-state index in [1.807, 2.05) is 40.7 Å². The molecule has 27 heavy (non-hydrogen) atoms. The Morgan fingerprint density at radius 1 is 1.33 bits per heavy atom. The van der Waals surface area contributed by atoms with Crippen molar-refractivity contribution in [1.82, 2.24) is 0 Å². The maximum absolute atomic E-state index is 12.8. The highest BCUT2D eigenvalue weighted by atomic mass is 19.3. The van der Waals surface area contributed by atoms with Crippen LogP contribution in [0.1, 0.15) is 71.6 Å². The van der Waals surface area contributed by atoms with E-state index < -0.39 is 17.9 Å². The molecular weight excluding hydrogens is 354 g/mol. The maximum atomic E-state index is 12.8. The van der Waals surface area contributed by atoms with Gasteiger partial charge in [0.1, 0.15) is 11.4 Å². The third-order valence-corrected chi connectivity index (χ3v) is 4.10. The van der Waals surface area contributed by atoms with Gasteiger partial charge in [0.15, 0.2) is 0 Å². The zero-order chi connectivity index (χ0) is 20.8. The van der Waals surface area contributed by atoms with E-state index in [-0.39, 0.29) is 24.6 Å². The summed E-state index contributed by atoms with van der Waals surface area (Å²) in [6, 6.07) is 5.45. The number of aliphatic hydroxyl groups is 1. The lowest BCUT2D eigenvalue weighted by atomic mass is 9.98. The Morgan fingerprint density at radius 2 is 1.93 bits per heavy atom. The van der Waals surface area contributed by atoms with Crippen molar-refractivity contribution >= 4 is 5.97 Å². The van der Waals surface area contributed by atoms with Crippen molar-refractivity contribution in [3.63, 3.8) is 0 Å². The average Bonchev–Trinajstić information content (AvgIpc) is 3.17. The first-order chi connectivity index (χ1) is 12.4. The van der Waals surface area contributed by atoms with Crippen LogP contribution in [0.3, 0.4) is 0 Å². The third kappa shape index (κ3) is 8.24. The molecule has 2 rings (SSSR count). The second-order valence-corrected chi connectivity index (χ2v) is 7.82. The summed E-state index contributed by atoms with van der Waals surface area (Å²) in [5.41, 5.74) is 1.58. The summed E-state index contributed by atoms with van der Waals surface area (Å²) in [4.78, 5) is 10.2. The van der Waals surface area contributed by atoms with Crippen LogP contribution in [0.4, 0.5) is 8.78 Å². The summed E-state index contributed by atoms with van der Waals surface area (Å²) < 4.78 is 35.7. The Kier molecular flexibility index (Phi) is 8.21. The molecule has 4 nitrogen and oxygen atoms in total. The highest BCUT2D eigenvalue weighted by molar-refractivity contribution is 5.66. The van der Waals surface area contributed by atoms with Crippen molar-refractivity contribution < 1.29 is 28.2 Å². The number of halogens is 2. The van der Waals surface area contributed by atoms with Gasteiger partial charge in [0.2, 0.25) is 0 Å². The van der Waals surface area contributed by atoms with Crippen molar-refractivity contribution in [2.45, 2.75) is 78.4 Å². The van der Waals surface area contributed by atoms with Crippen LogP contribution < -0.4 is 4.74 Å². The molecule has 0 amide bonds. The summed E-state index contributed by atoms with van der Waals surface area (Å²) >= 11 is 0. The summed E-state index contributed by atoms with van der Waals surface area (Å²) in [5, 5.41) is 9.96. The number of alkyl halides is 2. The standard InChI is InChI=1S/C15H20F2O2.C6H12O2/c1-3-10-5-6-12(7-13(10)14(18)4-2)19-9-11-8-15(11,16)17;1-5(7)8-6(2,3)4/h5-7,11,14,18H,3-4,8-9H2,1-2H3;1-4H3. The van der Waals surface area contributed by atoms with Crippen LogP contribution in [-0.2, 0) is 16.0 Å². The fourth-order valence-corrected chi connectivity index (χ4v) is 2.59. The molecule has 0 aliphatic heterocycles. The molecule has 0 heterocycles. The summed E-state index contributed by atoms with van der Waals surface area (Å²) in [7, 11) is 0.